The number of hydrogen-bond donors (Lipinski definition) is 0. The van der Waals surface area contributed by atoms with Gasteiger partial charge in [0, 0.05) is 14.1 Å². The number of amides is 1. The van der Waals surface area contributed by atoms with Gasteiger partial charge in [-0.3, -0.25) is 4.79 Å². The van der Waals surface area contributed by atoms with Gasteiger partial charge in [0.1, 0.15) is 0 Å². The van der Waals surface area contributed by atoms with E-state index in [0.29, 0.717) is 0 Å². The van der Waals surface area contributed by atoms with E-state index in [0.717, 1.165) is 5.56 Å². The van der Waals surface area contributed by atoms with Crippen molar-refractivity contribution in [3.05, 3.63) is 48.6 Å². The minimum absolute atomic E-state index is 0.0613. The second-order valence-electron chi connectivity index (χ2n) is 3.36. The minimum atomic E-state index is -0.230. The third-order valence-electron chi connectivity index (χ3n) is 2.10. The van der Waals surface area contributed by atoms with Crippen molar-refractivity contribution in [3.8, 4) is 0 Å². The molecule has 0 fully saturated rings. The first kappa shape index (κ1) is 10.5. The van der Waals surface area contributed by atoms with E-state index in [9.17, 15) is 4.79 Å². The number of rotatable bonds is 3. The molecule has 1 aromatic rings. The van der Waals surface area contributed by atoms with Gasteiger partial charge in [-0.1, -0.05) is 36.4 Å². The van der Waals surface area contributed by atoms with E-state index in [2.05, 4.69) is 6.58 Å². The Morgan fingerprint density at radius 2 is 1.93 bits per heavy atom. The second-order valence-corrected chi connectivity index (χ2v) is 3.36. The third-order valence-corrected chi connectivity index (χ3v) is 2.10. The SMILES string of the molecule is C=CC(C(=O)N(C)C)c1ccccc1. The van der Waals surface area contributed by atoms with E-state index in [-0.39, 0.29) is 11.8 Å². The lowest BCUT2D eigenvalue weighted by Crippen LogP contribution is -2.27. The van der Waals surface area contributed by atoms with Crippen LogP contribution in [0.4, 0.5) is 0 Å². The second kappa shape index (κ2) is 4.61. The van der Waals surface area contributed by atoms with Crippen LogP contribution in [-0.2, 0) is 4.79 Å². The fourth-order valence-corrected chi connectivity index (χ4v) is 1.32. The van der Waals surface area contributed by atoms with Gasteiger partial charge in [-0.25, -0.2) is 0 Å². The zero-order valence-electron chi connectivity index (χ0n) is 8.60. The van der Waals surface area contributed by atoms with Gasteiger partial charge in [-0.2, -0.15) is 0 Å². The Labute approximate surface area is 84.9 Å². The summed E-state index contributed by atoms with van der Waals surface area (Å²) in [6.45, 7) is 3.69. The summed E-state index contributed by atoms with van der Waals surface area (Å²) in [4.78, 5) is 13.3. The predicted octanol–water partition coefficient (Wildman–Crippen LogP) is 2.04. The molecule has 1 rings (SSSR count). The van der Waals surface area contributed by atoms with Crippen LogP contribution in [0.2, 0.25) is 0 Å². The topological polar surface area (TPSA) is 20.3 Å². The lowest BCUT2D eigenvalue weighted by molar-refractivity contribution is -0.129. The van der Waals surface area contributed by atoms with Crippen LogP contribution in [-0.4, -0.2) is 24.9 Å². The Kier molecular flexibility index (Phi) is 3.46. The summed E-state index contributed by atoms with van der Waals surface area (Å²) in [5.41, 5.74) is 0.987. The molecule has 2 heteroatoms. The van der Waals surface area contributed by atoms with E-state index in [4.69, 9.17) is 0 Å². The van der Waals surface area contributed by atoms with Crippen LogP contribution in [0.1, 0.15) is 11.5 Å². The van der Waals surface area contributed by atoms with Gasteiger partial charge < -0.3 is 4.90 Å². The molecule has 0 heterocycles. The Bertz CT molecular complexity index is 316. The minimum Gasteiger partial charge on any atom is -0.348 e. The quantitative estimate of drug-likeness (QED) is 0.666. The fraction of sp³-hybridized carbons (Fsp3) is 0.250. The van der Waals surface area contributed by atoms with Crippen LogP contribution in [0.3, 0.4) is 0 Å². The van der Waals surface area contributed by atoms with E-state index in [1.165, 1.54) is 0 Å². The molecule has 1 unspecified atom stereocenters. The van der Waals surface area contributed by atoms with Crippen LogP contribution in [0.25, 0.3) is 0 Å². The van der Waals surface area contributed by atoms with E-state index in [1.54, 1.807) is 25.1 Å². The summed E-state index contributed by atoms with van der Waals surface area (Å²) in [5.74, 6) is -0.169. The van der Waals surface area contributed by atoms with Gasteiger partial charge >= 0.3 is 0 Å². The van der Waals surface area contributed by atoms with Crippen LogP contribution < -0.4 is 0 Å². The van der Waals surface area contributed by atoms with Crippen molar-refractivity contribution in [2.45, 2.75) is 5.92 Å². The van der Waals surface area contributed by atoms with Crippen molar-refractivity contribution < 1.29 is 4.79 Å². The van der Waals surface area contributed by atoms with Crippen molar-refractivity contribution in [2.24, 2.45) is 0 Å². The number of carbonyl (C=O) groups is 1. The highest BCUT2D eigenvalue weighted by atomic mass is 16.2. The van der Waals surface area contributed by atoms with Crippen LogP contribution >= 0.6 is 0 Å². The molecule has 0 saturated heterocycles. The van der Waals surface area contributed by atoms with Crippen LogP contribution in [0.5, 0.6) is 0 Å². The van der Waals surface area contributed by atoms with Crippen molar-refractivity contribution in [3.63, 3.8) is 0 Å². The Morgan fingerprint density at radius 1 is 1.36 bits per heavy atom. The molecule has 0 aliphatic rings. The summed E-state index contributed by atoms with van der Waals surface area (Å²) in [6, 6.07) is 9.66. The number of hydrogen-bond acceptors (Lipinski definition) is 1. The predicted molar refractivity (Wildman–Crippen MR) is 58.1 cm³/mol. The molecule has 0 radical (unpaired) electrons. The molecule has 0 spiro atoms. The molecular formula is C12H15NO. The Hall–Kier alpha value is -1.57. The zero-order chi connectivity index (χ0) is 10.6. The molecule has 1 aromatic carbocycles. The summed E-state index contributed by atoms with van der Waals surface area (Å²) in [6.07, 6.45) is 1.68. The summed E-state index contributed by atoms with van der Waals surface area (Å²) in [5, 5.41) is 0. The molecular weight excluding hydrogens is 174 g/mol. The maximum atomic E-state index is 11.7. The highest BCUT2D eigenvalue weighted by Gasteiger charge is 2.17. The number of nitrogens with zero attached hydrogens (tertiary/aromatic N) is 1. The van der Waals surface area contributed by atoms with E-state index < -0.39 is 0 Å². The largest absolute Gasteiger partial charge is 0.348 e. The van der Waals surface area contributed by atoms with E-state index in [1.807, 2.05) is 30.3 Å². The first-order valence-electron chi connectivity index (χ1n) is 4.55. The number of benzene rings is 1. The Balaban J connectivity index is 2.94. The number of likely N-dealkylation sites (N-methyl/N-ethyl adjacent to an activating group) is 1. The monoisotopic (exact) mass is 189 g/mol. The average molecular weight is 189 g/mol. The van der Waals surface area contributed by atoms with Gasteiger partial charge in [0.25, 0.3) is 0 Å². The summed E-state index contributed by atoms with van der Waals surface area (Å²) < 4.78 is 0. The van der Waals surface area contributed by atoms with Gasteiger partial charge in [0.2, 0.25) is 5.91 Å². The molecule has 0 aromatic heterocycles. The molecule has 2 nitrogen and oxygen atoms in total. The summed E-state index contributed by atoms with van der Waals surface area (Å²) >= 11 is 0. The van der Waals surface area contributed by atoms with E-state index >= 15 is 0 Å². The molecule has 0 bridgehead atoms. The smallest absolute Gasteiger partial charge is 0.233 e. The Morgan fingerprint density at radius 3 is 2.36 bits per heavy atom. The first-order chi connectivity index (χ1) is 6.66. The molecule has 0 saturated carbocycles. The molecule has 1 amide bonds. The molecule has 1 atom stereocenters. The van der Waals surface area contributed by atoms with Gasteiger partial charge in [-0.05, 0) is 5.56 Å². The maximum Gasteiger partial charge on any atom is 0.233 e. The fourth-order valence-electron chi connectivity index (χ4n) is 1.32. The molecule has 0 aliphatic heterocycles. The van der Waals surface area contributed by atoms with Crippen LogP contribution in [0, 0.1) is 0 Å². The van der Waals surface area contributed by atoms with Gasteiger partial charge in [0.15, 0.2) is 0 Å². The lowest BCUT2D eigenvalue weighted by Gasteiger charge is -2.17. The third kappa shape index (κ3) is 2.22. The van der Waals surface area contributed by atoms with Crippen LogP contribution in [0.15, 0.2) is 43.0 Å². The van der Waals surface area contributed by atoms with Crippen molar-refractivity contribution >= 4 is 5.91 Å². The first-order valence-corrected chi connectivity index (χ1v) is 4.55. The molecule has 74 valence electrons. The van der Waals surface area contributed by atoms with Gasteiger partial charge in [0.05, 0.1) is 5.92 Å². The highest BCUT2D eigenvalue weighted by Crippen LogP contribution is 2.18. The maximum absolute atomic E-state index is 11.7. The molecule has 0 N–H and O–H groups in total. The standard InChI is InChI=1S/C12H15NO/c1-4-11(12(14)13(2)3)10-8-6-5-7-9-10/h4-9,11H,1H2,2-3H3. The zero-order valence-corrected chi connectivity index (χ0v) is 8.60. The lowest BCUT2D eigenvalue weighted by atomic mass is 9.98. The normalized spacial score (nSPS) is 11.9. The number of carbonyl (C=O) groups excluding carboxylic acids is 1. The van der Waals surface area contributed by atoms with Gasteiger partial charge in [-0.15, -0.1) is 6.58 Å². The molecule has 14 heavy (non-hydrogen) atoms. The van der Waals surface area contributed by atoms with Crippen molar-refractivity contribution in [1.29, 1.82) is 0 Å². The van der Waals surface area contributed by atoms with Crippen molar-refractivity contribution in [1.82, 2.24) is 4.90 Å². The summed E-state index contributed by atoms with van der Waals surface area (Å²) in [7, 11) is 3.50. The highest BCUT2D eigenvalue weighted by molar-refractivity contribution is 5.85. The molecule has 0 aliphatic carbocycles. The average Bonchev–Trinajstić information content (AvgIpc) is 2.20. The van der Waals surface area contributed by atoms with Crippen molar-refractivity contribution in [2.75, 3.05) is 14.1 Å².